The average Bonchev–Trinajstić information content (AvgIpc) is 3.24. The Morgan fingerprint density at radius 1 is 1.03 bits per heavy atom. The van der Waals surface area contributed by atoms with E-state index < -0.39 is 12.0 Å². The van der Waals surface area contributed by atoms with Crippen molar-refractivity contribution in [2.75, 3.05) is 12.9 Å². The second-order valence-electron chi connectivity index (χ2n) is 7.05. The molecule has 31 heavy (non-hydrogen) atoms. The highest BCUT2D eigenvalue weighted by Crippen LogP contribution is 2.44. The Hall–Kier alpha value is -2.77. The molecule has 3 aromatic rings. The number of para-hydroxylation sites is 1. The first-order valence-electron chi connectivity index (χ1n) is 9.66. The smallest absolute Gasteiger partial charge is 0.327 e. The SMILES string of the molecule is COc1ccccc1-c1ccc(C(=O)N2[C@@H](c3ccccc3Br)SC[C@H]2C(=O)O)cc1. The van der Waals surface area contributed by atoms with E-state index in [1.54, 1.807) is 19.2 Å². The molecule has 0 radical (unpaired) electrons. The molecule has 0 aliphatic carbocycles. The molecule has 1 heterocycles. The van der Waals surface area contributed by atoms with Gasteiger partial charge in [-0.3, -0.25) is 4.79 Å². The molecule has 1 amide bonds. The molecule has 0 bridgehead atoms. The van der Waals surface area contributed by atoms with Crippen LogP contribution in [0, 0.1) is 0 Å². The summed E-state index contributed by atoms with van der Waals surface area (Å²) in [6.07, 6.45) is 0. The molecule has 2 atom stereocenters. The van der Waals surface area contributed by atoms with E-state index in [0.717, 1.165) is 26.9 Å². The molecule has 0 saturated carbocycles. The summed E-state index contributed by atoms with van der Waals surface area (Å²) in [5, 5.41) is 9.35. The van der Waals surface area contributed by atoms with Gasteiger partial charge in [-0.15, -0.1) is 11.8 Å². The van der Waals surface area contributed by atoms with E-state index in [9.17, 15) is 14.7 Å². The Balaban J connectivity index is 1.67. The van der Waals surface area contributed by atoms with Crippen LogP contribution in [0.25, 0.3) is 11.1 Å². The number of nitrogens with zero attached hydrogens (tertiary/aromatic N) is 1. The number of hydrogen-bond donors (Lipinski definition) is 1. The van der Waals surface area contributed by atoms with E-state index in [1.807, 2.05) is 60.7 Å². The maximum atomic E-state index is 13.4. The van der Waals surface area contributed by atoms with Crippen molar-refractivity contribution < 1.29 is 19.4 Å². The topological polar surface area (TPSA) is 66.8 Å². The molecule has 5 nitrogen and oxygen atoms in total. The van der Waals surface area contributed by atoms with Gasteiger partial charge in [0.05, 0.1) is 7.11 Å². The average molecular weight is 498 g/mol. The minimum atomic E-state index is -0.999. The van der Waals surface area contributed by atoms with Gasteiger partial charge in [-0.2, -0.15) is 0 Å². The summed E-state index contributed by atoms with van der Waals surface area (Å²) in [6, 6.07) is 21.6. The van der Waals surface area contributed by atoms with Gasteiger partial charge in [-0.1, -0.05) is 64.5 Å². The minimum Gasteiger partial charge on any atom is -0.496 e. The fraction of sp³-hybridized carbons (Fsp3) is 0.167. The Labute approximate surface area is 193 Å². The van der Waals surface area contributed by atoms with Gasteiger partial charge in [-0.05, 0) is 35.4 Å². The number of carboxylic acid groups (broad SMARTS) is 1. The second kappa shape index (κ2) is 9.16. The minimum absolute atomic E-state index is 0.301. The molecule has 0 unspecified atom stereocenters. The molecule has 0 spiro atoms. The Kier molecular flexibility index (Phi) is 6.34. The molecule has 7 heteroatoms. The van der Waals surface area contributed by atoms with Crippen LogP contribution in [0.1, 0.15) is 21.3 Å². The summed E-state index contributed by atoms with van der Waals surface area (Å²) in [4.78, 5) is 26.8. The van der Waals surface area contributed by atoms with Gasteiger partial charge in [0.15, 0.2) is 0 Å². The number of amides is 1. The van der Waals surface area contributed by atoms with Crippen molar-refractivity contribution in [3.8, 4) is 16.9 Å². The highest BCUT2D eigenvalue weighted by atomic mass is 79.9. The van der Waals surface area contributed by atoms with Gasteiger partial charge in [0.2, 0.25) is 0 Å². The predicted octanol–water partition coefficient (Wildman–Crippen LogP) is 5.47. The number of thioether (sulfide) groups is 1. The summed E-state index contributed by atoms with van der Waals surface area (Å²) >= 11 is 4.99. The van der Waals surface area contributed by atoms with Crippen LogP contribution >= 0.6 is 27.7 Å². The van der Waals surface area contributed by atoms with Crippen LogP contribution in [0.2, 0.25) is 0 Å². The number of ether oxygens (including phenoxy) is 1. The van der Waals surface area contributed by atoms with Crippen LogP contribution in [0.15, 0.2) is 77.3 Å². The zero-order valence-electron chi connectivity index (χ0n) is 16.7. The molecule has 1 saturated heterocycles. The standard InChI is InChI=1S/C24H20BrNO4S/c1-30-21-9-5-3-6-17(21)15-10-12-16(13-11-15)22(27)26-20(24(28)29)14-31-23(26)18-7-2-4-8-19(18)25/h2-13,20,23H,14H2,1H3,(H,28,29)/t20-,23+/m0/s1. The molecule has 3 aromatic carbocycles. The number of carbonyl (C=O) groups is 2. The van der Waals surface area contributed by atoms with E-state index in [1.165, 1.54) is 16.7 Å². The summed E-state index contributed by atoms with van der Waals surface area (Å²) in [7, 11) is 1.62. The lowest BCUT2D eigenvalue weighted by Crippen LogP contribution is -2.43. The molecule has 1 fully saturated rings. The summed E-state index contributed by atoms with van der Waals surface area (Å²) in [5.41, 5.74) is 3.18. The van der Waals surface area contributed by atoms with Gasteiger partial charge in [0.25, 0.3) is 5.91 Å². The van der Waals surface area contributed by atoms with Crippen LogP contribution in [0.4, 0.5) is 0 Å². The summed E-state index contributed by atoms with van der Waals surface area (Å²) in [6.45, 7) is 0. The van der Waals surface area contributed by atoms with Crippen LogP contribution in [-0.4, -0.2) is 40.8 Å². The maximum Gasteiger partial charge on any atom is 0.327 e. The van der Waals surface area contributed by atoms with Gasteiger partial charge < -0.3 is 14.7 Å². The monoisotopic (exact) mass is 497 g/mol. The quantitative estimate of drug-likeness (QED) is 0.506. The highest BCUT2D eigenvalue weighted by Gasteiger charge is 2.43. The van der Waals surface area contributed by atoms with E-state index in [-0.39, 0.29) is 11.3 Å². The molecule has 1 aliphatic rings. The lowest BCUT2D eigenvalue weighted by molar-refractivity contribution is -0.141. The van der Waals surface area contributed by atoms with Gasteiger partial charge in [0, 0.05) is 21.4 Å². The van der Waals surface area contributed by atoms with Crippen LogP contribution < -0.4 is 4.74 Å². The number of carboxylic acids is 1. The van der Waals surface area contributed by atoms with Crippen molar-refractivity contribution in [3.63, 3.8) is 0 Å². The van der Waals surface area contributed by atoms with Crippen LogP contribution in [-0.2, 0) is 4.79 Å². The Bertz CT molecular complexity index is 1120. The van der Waals surface area contributed by atoms with Crippen molar-refractivity contribution in [2.45, 2.75) is 11.4 Å². The molecule has 4 rings (SSSR count). The van der Waals surface area contributed by atoms with Gasteiger partial charge in [0.1, 0.15) is 17.2 Å². The van der Waals surface area contributed by atoms with E-state index in [4.69, 9.17) is 4.74 Å². The fourth-order valence-electron chi connectivity index (χ4n) is 3.68. The Morgan fingerprint density at radius 3 is 2.39 bits per heavy atom. The van der Waals surface area contributed by atoms with Gasteiger partial charge >= 0.3 is 5.97 Å². The van der Waals surface area contributed by atoms with E-state index >= 15 is 0 Å². The molecule has 158 valence electrons. The first-order valence-corrected chi connectivity index (χ1v) is 11.5. The fourth-order valence-corrected chi connectivity index (χ4v) is 5.79. The van der Waals surface area contributed by atoms with Crippen molar-refractivity contribution in [3.05, 3.63) is 88.4 Å². The summed E-state index contributed by atoms with van der Waals surface area (Å²) in [5.74, 6) is -0.213. The zero-order chi connectivity index (χ0) is 22.0. The number of aliphatic carboxylic acids is 1. The largest absolute Gasteiger partial charge is 0.496 e. The number of hydrogen-bond acceptors (Lipinski definition) is 4. The lowest BCUT2D eigenvalue weighted by atomic mass is 10.0. The Morgan fingerprint density at radius 2 is 1.71 bits per heavy atom. The van der Waals surface area contributed by atoms with Crippen molar-refractivity contribution >= 4 is 39.6 Å². The molecule has 0 aromatic heterocycles. The number of benzene rings is 3. The number of carbonyl (C=O) groups excluding carboxylic acids is 1. The third-order valence-corrected chi connectivity index (χ3v) is 7.27. The van der Waals surface area contributed by atoms with Crippen molar-refractivity contribution in [2.24, 2.45) is 0 Å². The predicted molar refractivity (Wildman–Crippen MR) is 125 cm³/mol. The van der Waals surface area contributed by atoms with E-state index in [0.29, 0.717) is 11.3 Å². The number of halogens is 1. The number of methoxy groups -OCH3 is 1. The third kappa shape index (κ3) is 4.20. The van der Waals surface area contributed by atoms with Gasteiger partial charge in [-0.25, -0.2) is 4.79 Å². The normalized spacial score (nSPS) is 18.1. The highest BCUT2D eigenvalue weighted by molar-refractivity contribution is 9.10. The van der Waals surface area contributed by atoms with Crippen LogP contribution in [0.5, 0.6) is 5.75 Å². The molecule has 1 aliphatic heterocycles. The molecule has 1 N–H and O–H groups in total. The van der Waals surface area contributed by atoms with Crippen molar-refractivity contribution in [1.82, 2.24) is 4.90 Å². The molecular weight excluding hydrogens is 478 g/mol. The first kappa shape index (κ1) is 21.5. The zero-order valence-corrected chi connectivity index (χ0v) is 19.1. The maximum absolute atomic E-state index is 13.4. The summed E-state index contributed by atoms with van der Waals surface area (Å²) < 4.78 is 6.28. The molecular formula is C24H20BrNO4S. The lowest BCUT2D eigenvalue weighted by Gasteiger charge is -2.28. The first-order chi connectivity index (χ1) is 15.0. The van der Waals surface area contributed by atoms with E-state index in [2.05, 4.69) is 15.9 Å². The number of rotatable bonds is 5. The van der Waals surface area contributed by atoms with Crippen LogP contribution in [0.3, 0.4) is 0 Å². The third-order valence-electron chi connectivity index (χ3n) is 5.24. The second-order valence-corrected chi connectivity index (χ2v) is 9.02. The van der Waals surface area contributed by atoms with Crippen molar-refractivity contribution in [1.29, 1.82) is 0 Å².